The Kier molecular flexibility index (Phi) is 5.91. The second kappa shape index (κ2) is 8.79. The summed E-state index contributed by atoms with van der Waals surface area (Å²) in [6, 6.07) is 8.66. The Bertz CT molecular complexity index is 1360. The highest BCUT2D eigenvalue weighted by Crippen LogP contribution is 2.24. The van der Waals surface area contributed by atoms with Crippen LogP contribution in [0.1, 0.15) is 16.7 Å². The number of ether oxygens (including phenoxy) is 1. The molecule has 0 aliphatic rings. The molecule has 0 bridgehead atoms. The van der Waals surface area contributed by atoms with Gasteiger partial charge in [0.05, 0.1) is 25.2 Å². The summed E-state index contributed by atoms with van der Waals surface area (Å²) in [6.45, 7) is 0.438. The summed E-state index contributed by atoms with van der Waals surface area (Å²) in [5, 5.41) is 3.77. The van der Waals surface area contributed by atoms with Crippen LogP contribution in [0.5, 0.6) is 5.88 Å². The number of hydrogen-bond acceptors (Lipinski definition) is 7. The van der Waals surface area contributed by atoms with Crippen LogP contribution in [-0.2, 0) is 23.0 Å². The third-order valence-electron chi connectivity index (χ3n) is 4.71. The van der Waals surface area contributed by atoms with Crippen LogP contribution in [0.2, 0.25) is 0 Å². The van der Waals surface area contributed by atoms with Crippen molar-refractivity contribution < 1.29 is 17.5 Å². The fourth-order valence-electron chi connectivity index (χ4n) is 3.20. The first kappa shape index (κ1) is 21.5. The van der Waals surface area contributed by atoms with E-state index < -0.39 is 16.0 Å². The monoisotopic (exact) mass is 456 g/mol. The van der Waals surface area contributed by atoms with E-state index in [0.29, 0.717) is 40.5 Å². The number of nitrogens with one attached hydrogen (secondary N) is 3. The van der Waals surface area contributed by atoms with Gasteiger partial charge in [-0.05, 0) is 23.3 Å². The molecule has 0 aromatic carbocycles. The van der Waals surface area contributed by atoms with Crippen molar-refractivity contribution in [3.63, 3.8) is 0 Å². The number of anilines is 2. The van der Waals surface area contributed by atoms with Gasteiger partial charge in [0.25, 0.3) is 0 Å². The molecule has 11 heteroatoms. The van der Waals surface area contributed by atoms with Crippen LogP contribution < -0.4 is 14.8 Å². The quantitative estimate of drug-likeness (QED) is 0.348. The van der Waals surface area contributed by atoms with Crippen molar-refractivity contribution in [3.8, 4) is 5.88 Å². The zero-order valence-electron chi connectivity index (χ0n) is 17.4. The van der Waals surface area contributed by atoms with Gasteiger partial charge in [-0.2, -0.15) is 4.39 Å². The van der Waals surface area contributed by atoms with Gasteiger partial charge in [-0.15, -0.1) is 0 Å². The summed E-state index contributed by atoms with van der Waals surface area (Å²) >= 11 is 0. The number of fused-ring (bicyclic) bond motifs is 1. The van der Waals surface area contributed by atoms with Gasteiger partial charge in [-0.1, -0.05) is 12.1 Å². The van der Waals surface area contributed by atoms with Crippen LogP contribution in [0.3, 0.4) is 0 Å². The molecule has 0 saturated heterocycles. The molecule has 0 aliphatic heterocycles. The highest BCUT2D eigenvalue weighted by atomic mass is 32.2. The molecule has 0 saturated carbocycles. The predicted molar refractivity (Wildman–Crippen MR) is 120 cm³/mol. The lowest BCUT2D eigenvalue weighted by molar-refractivity contribution is 0.397. The molecule has 0 radical (unpaired) electrons. The van der Waals surface area contributed by atoms with Crippen LogP contribution in [0.15, 0.2) is 48.9 Å². The molecule has 0 aliphatic carbocycles. The average molecular weight is 457 g/mol. The maximum atomic E-state index is 14.7. The molecule has 32 heavy (non-hydrogen) atoms. The lowest BCUT2D eigenvalue weighted by Crippen LogP contribution is -2.09. The summed E-state index contributed by atoms with van der Waals surface area (Å²) in [7, 11) is -1.88. The van der Waals surface area contributed by atoms with Crippen molar-refractivity contribution in [2.75, 3.05) is 23.4 Å². The van der Waals surface area contributed by atoms with E-state index in [1.807, 2.05) is 6.07 Å². The molecule has 0 atom stereocenters. The summed E-state index contributed by atoms with van der Waals surface area (Å²) in [4.78, 5) is 15.4. The minimum Gasteiger partial charge on any atom is -0.481 e. The van der Waals surface area contributed by atoms with E-state index in [1.54, 1.807) is 43.8 Å². The van der Waals surface area contributed by atoms with Crippen LogP contribution in [-0.4, -0.2) is 41.7 Å². The van der Waals surface area contributed by atoms with Crippen molar-refractivity contribution in [3.05, 3.63) is 71.6 Å². The molecule has 0 fully saturated rings. The third kappa shape index (κ3) is 5.11. The largest absolute Gasteiger partial charge is 0.481 e. The van der Waals surface area contributed by atoms with Gasteiger partial charge in [-0.25, -0.2) is 23.4 Å². The Labute approximate surface area is 184 Å². The number of nitrogens with zero attached hydrogens (tertiary/aromatic N) is 3. The number of H-pyrrole nitrogens is 1. The maximum absolute atomic E-state index is 14.7. The van der Waals surface area contributed by atoms with Crippen molar-refractivity contribution in [1.82, 2.24) is 19.9 Å². The molecular weight excluding hydrogens is 435 g/mol. The lowest BCUT2D eigenvalue weighted by Gasteiger charge is -2.08. The van der Waals surface area contributed by atoms with E-state index in [2.05, 4.69) is 30.0 Å². The minimum atomic E-state index is -3.43. The number of halogens is 1. The highest BCUT2D eigenvalue weighted by Gasteiger charge is 2.12. The fraction of sp³-hybridized carbons (Fsp3) is 0.190. The first-order valence-electron chi connectivity index (χ1n) is 9.63. The van der Waals surface area contributed by atoms with Crippen molar-refractivity contribution in [2.24, 2.45) is 0 Å². The molecule has 0 spiro atoms. The van der Waals surface area contributed by atoms with Crippen LogP contribution in [0.25, 0.3) is 11.0 Å². The Morgan fingerprint density at radius 3 is 2.66 bits per heavy atom. The predicted octanol–water partition coefficient (Wildman–Crippen LogP) is 3.08. The number of hydrogen-bond donors (Lipinski definition) is 3. The molecular formula is C21H21FN6O3S. The van der Waals surface area contributed by atoms with Gasteiger partial charge in [0.15, 0.2) is 0 Å². The zero-order valence-corrected chi connectivity index (χ0v) is 18.2. The maximum Gasteiger partial charge on any atom is 0.229 e. The van der Waals surface area contributed by atoms with Crippen LogP contribution >= 0.6 is 0 Å². The van der Waals surface area contributed by atoms with Crippen LogP contribution in [0.4, 0.5) is 15.9 Å². The van der Waals surface area contributed by atoms with E-state index in [9.17, 15) is 12.8 Å². The Morgan fingerprint density at radius 1 is 1.12 bits per heavy atom. The topological polar surface area (TPSA) is 122 Å². The van der Waals surface area contributed by atoms with Crippen molar-refractivity contribution in [2.45, 2.75) is 13.0 Å². The number of rotatable bonds is 8. The second-order valence-corrected chi connectivity index (χ2v) is 8.94. The standard InChI is InChI=1S/C21H21FN6O3S/c1-31-19-6-3-13(10-24-19)9-23-18-5-4-14(20(22)27-18)7-15-11-25-21-17(15)8-16(12-26-21)28-32(2,29)30/h3-6,8,10-12,28H,7,9H2,1-2H3,(H,23,27)(H,25,26). The van der Waals surface area contributed by atoms with E-state index in [-0.39, 0.29) is 6.42 Å². The van der Waals surface area contributed by atoms with E-state index in [4.69, 9.17) is 4.74 Å². The third-order valence-corrected chi connectivity index (χ3v) is 5.31. The van der Waals surface area contributed by atoms with Crippen molar-refractivity contribution >= 4 is 32.6 Å². The Hall–Kier alpha value is -3.73. The van der Waals surface area contributed by atoms with Gasteiger partial charge in [-0.3, -0.25) is 4.72 Å². The number of methoxy groups -OCH3 is 1. The van der Waals surface area contributed by atoms with E-state index in [0.717, 1.165) is 17.4 Å². The van der Waals surface area contributed by atoms with E-state index >= 15 is 0 Å². The van der Waals surface area contributed by atoms with Crippen LogP contribution in [0, 0.1) is 5.95 Å². The fourth-order valence-corrected chi connectivity index (χ4v) is 3.74. The van der Waals surface area contributed by atoms with Gasteiger partial charge >= 0.3 is 0 Å². The molecule has 4 aromatic rings. The average Bonchev–Trinajstić information content (AvgIpc) is 3.15. The summed E-state index contributed by atoms with van der Waals surface area (Å²) in [5.41, 5.74) is 3.01. The first-order valence-corrected chi connectivity index (χ1v) is 11.5. The number of aromatic nitrogens is 4. The molecule has 9 nitrogen and oxygen atoms in total. The highest BCUT2D eigenvalue weighted by molar-refractivity contribution is 7.92. The van der Waals surface area contributed by atoms with E-state index in [1.165, 1.54) is 6.20 Å². The van der Waals surface area contributed by atoms with Gasteiger partial charge in [0.1, 0.15) is 11.5 Å². The molecule has 166 valence electrons. The van der Waals surface area contributed by atoms with Gasteiger partial charge < -0.3 is 15.0 Å². The lowest BCUT2D eigenvalue weighted by atomic mass is 10.1. The summed E-state index contributed by atoms with van der Waals surface area (Å²) in [6.07, 6.45) is 6.16. The second-order valence-electron chi connectivity index (χ2n) is 7.19. The molecule has 4 heterocycles. The van der Waals surface area contributed by atoms with Gasteiger partial charge in [0.2, 0.25) is 21.9 Å². The summed E-state index contributed by atoms with van der Waals surface area (Å²) < 4.78 is 45.1. The summed E-state index contributed by atoms with van der Waals surface area (Å²) in [5.74, 6) is 0.340. The SMILES string of the molecule is COc1ccc(CNc2ccc(Cc3c[nH]c4ncc(NS(C)(=O)=O)cc34)c(F)n2)cn1. The zero-order chi connectivity index (χ0) is 22.7. The van der Waals surface area contributed by atoms with Gasteiger partial charge in [0, 0.05) is 42.4 Å². The molecule has 4 rings (SSSR count). The number of aromatic amines is 1. The number of pyridine rings is 3. The van der Waals surface area contributed by atoms with Crippen molar-refractivity contribution in [1.29, 1.82) is 0 Å². The Balaban J connectivity index is 1.48. The number of sulfonamides is 1. The Morgan fingerprint density at radius 2 is 1.97 bits per heavy atom. The first-order chi connectivity index (χ1) is 15.3. The molecule has 3 N–H and O–H groups in total. The minimum absolute atomic E-state index is 0.269. The molecule has 0 unspecified atom stereocenters. The smallest absolute Gasteiger partial charge is 0.229 e. The molecule has 4 aromatic heterocycles. The normalized spacial score (nSPS) is 11.5. The molecule has 0 amide bonds.